The van der Waals surface area contributed by atoms with E-state index in [2.05, 4.69) is 20.8 Å². The summed E-state index contributed by atoms with van der Waals surface area (Å²) in [5.74, 6) is -0.302. The topological polar surface area (TPSA) is 86.0 Å². The Kier molecular flexibility index (Phi) is 4.56. The zero-order chi connectivity index (χ0) is 21.4. The van der Waals surface area contributed by atoms with Crippen molar-refractivity contribution in [2.75, 3.05) is 7.11 Å². The second-order valence-corrected chi connectivity index (χ2v) is 10.0. The van der Waals surface area contributed by atoms with Crippen LogP contribution in [0.2, 0.25) is 0 Å². The van der Waals surface area contributed by atoms with Gasteiger partial charge >= 0.3 is 5.97 Å². The molecule has 0 aromatic carbocycles. The quantitative estimate of drug-likeness (QED) is 0.772. The van der Waals surface area contributed by atoms with Crippen LogP contribution in [0.3, 0.4) is 0 Å². The lowest BCUT2D eigenvalue weighted by Crippen LogP contribution is -2.46. The van der Waals surface area contributed by atoms with Gasteiger partial charge < -0.3 is 19.0 Å². The number of ketones is 1. The highest BCUT2D eigenvalue weighted by molar-refractivity contribution is 5.96. The SMILES string of the molecule is COC1C(=O)C2(O)c3occ4c3C(C)(CCC4OC(C)=O)CCC2(C)C1C(C)C. The molecule has 0 aliphatic heterocycles. The number of methoxy groups -OCH3 is 1. The Balaban J connectivity index is 1.95. The van der Waals surface area contributed by atoms with E-state index in [0.717, 1.165) is 24.0 Å². The first-order valence-electron chi connectivity index (χ1n) is 10.6. The fourth-order valence-corrected chi connectivity index (χ4v) is 6.62. The number of hydrogen-bond donors (Lipinski definition) is 1. The molecule has 3 aliphatic rings. The molecule has 6 unspecified atom stereocenters. The number of rotatable bonds is 3. The molecule has 0 spiro atoms. The van der Waals surface area contributed by atoms with Gasteiger partial charge in [-0.15, -0.1) is 0 Å². The van der Waals surface area contributed by atoms with E-state index in [1.54, 1.807) is 6.26 Å². The lowest BCUT2D eigenvalue weighted by Gasteiger charge is -2.41. The van der Waals surface area contributed by atoms with Gasteiger partial charge in [0, 0.05) is 36.5 Å². The van der Waals surface area contributed by atoms with Crippen molar-refractivity contribution in [3.63, 3.8) is 0 Å². The molecule has 0 saturated heterocycles. The average Bonchev–Trinajstić information content (AvgIpc) is 3.15. The zero-order valence-electron chi connectivity index (χ0n) is 18.2. The maximum atomic E-state index is 13.6. The van der Waals surface area contributed by atoms with E-state index in [4.69, 9.17) is 13.9 Å². The molecule has 3 aliphatic carbocycles. The van der Waals surface area contributed by atoms with E-state index in [9.17, 15) is 14.7 Å². The number of Topliss-reactive ketones (excluding diaryl/α,β-unsaturated/α-hetero) is 1. The number of carbonyl (C=O) groups is 2. The number of esters is 1. The maximum Gasteiger partial charge on any atom is 0.303 e. The van der Waals surface area contributed by atoms with Crippen molar-refractivity contribution in [3.05, 3.63) is 23.2 Å². The minimum atomic E-state index is -1.76. The Morgan fingerprint density at radius 1 is 1.28 bits per heavy atom. The van der Waals surface area contributed by atoms with Gasteiger partial charge in [-0.25, -0.2) is 0 Å². The number of carbonyl (C=O) groups excluding carboxylic acids is 2. The average molecular weight is 405 g/mol. The van der Waals surface area contributed by atoms with Crippen LogP contribution in [0.1, 0.15) is 83.3 Å². The zero-order valence-corrected chi connectivity index (χ0v) is 18.2. The van der Waals surface area contributed by atoms with Crippen LogP contribution in [0.25, 0.3) is 0 Å². The van der Waals surface area contributed by atoms with Crippen LogP contribution in [-0.2, 0) is 30.1 Å². The van der Waals surface area contributed by atoms with Gasteiger partial charge in [-0.1, -0.05) is 27.7 Å². The minimum Gasteiger partial charge on any atom is -0.465 e. The van der Waals surface area contributed by atoms with Gasteiger partial charge in [-0.2, -0.15) is 0 Å². The number of furan rings is 1. The molecule has 1 aromatic rings. The van der Waals surface area contributed by atoms with Crippen molar-refractivity contribution >= 4 is 11.8 Å². The molecular formula is C23H32O6. The van der Waals surface area contributed by atoms with Crippen molar-refractivity contribution in [2.45, 2.75) is 83.5 Å². The van der Waals surface area contributed by atoms with Gasteiger partial charge in [0.15, 0.2) is 5.60 Å². The van der Waals surface area contributed by atoms with Gasteiger partial charge in [0.1, 0.15) is 18.0 Å². The van der Waals surface area contributed by atoms with Crippen LogP contribution >= 0.6 is 0 Å². The summed E-state index contributed by atoms with van der Waals surface area (Å²) < 4.78 is 17.2. The van der Waals surface area contributed by atoms with Crippen LogP contribution in [0, 0.1) is 17.3 Å². The van der Waals surface area contributed by atoms with Crippen LogP contribution in [0.4, 0.5) is 0 Å². The highest BCUT2D eigenvalue weighted by Crippen LogP contribution is 2.65. The molecule has 1 aromatic heterocycles. The molecule has 1 heterocycles. The monoisotopic (exact) mass is 404 g/mol. The van der Waals surface area contributed by atoms with Gasteiger partial charge in [0.05, 0.1) is 6.26 Å². The second-order valence-electron chi connectivity index (χ2n) is 10.0. The minimum absolute atomic E-state index is 0.126. The van der Waals surface area contributed by atoms with Crippen molar-refractivity contribution < 1.29 is 28.6 Å². The third-order valence-electron chi connectivity index (χ3n) is 8.04. The number of aliphatic hydroxyl groups is 1. The van der Waals surface area contributed by atoms with E-state index in [1.165, 1.54) is 14.0 Å². The fourth-order valence-electron chi connectivity index (χ4n) is 6.62. The Hall–Kier alpha value is -1.66. The van der Waals surface area contributed by atoms with E-state index < -0.39 is 23.2 Å². The van der Waals surface area contributed by atoms with E-state index in [1.807, 2.05) is 6.92 Å². The summed E-state index contributed by atoms with van der Waals surface area (Å²) in [6, 6.07) is 0. The van der Waals surface area contributed by atoms with Gasteiger partial charge in [0.2, 0.25) is 5.78 Å². The predicted octanol–water partition coefficient (Wildman–Crippen LogP) is 3.79. The number of fused-ring (bicyclic) bond motifs is 2. The maximum absolute atomic E-state index is 13.6. The Bertz CT molecular complexity index is 856. The van der Waals surface area contributed by atoms with Crippen LogP contribution in [-0.4, -0.2) is 30.1 Å². The van der Waals surface area contributed by atoms with Crippen LogP contribution in [0.5, 0.6) is 0 Å². The normalized spacial score (nSPS) is 41.1. The van der Waals surface area contributed by atoms with E-state index in [-0.39, 0.29) is 29.0 Å². The summed E-state index contributed by atoms with van der Waals surface area (Å²) in [7, 11) is 1.54. The molecule has 6 nitrogen and oxygen atoms in total. The molecule has 6 heteroatoms. The van der Waals surface area contributed by atoms with Crippen LogP contribution < -0.4 is 0 Å². The van der Waals surface area contributed by atoms with Crippen molar-refractivity contribution in [1.29, 1.82) is 0 Å². The number of hydrogen-bond acceptors (Lipinski definition) is 6. The third-order valence-corrected chi connectivity index (χ3v) is 8.04. The fraction of sp³-hybridized carbons (Fsp3) is 0.739. The molecule has 160 valence electrons. The summed E-state index contributed by atoms with van der Waals surface area (Å²) >= 11 is 0. The number of ether oxygens (including phenoxy) is 2. The van der Waals surface area contributed by atoms with Gasteiger partial charge in [-0.3, -0.25) is 9.59 Å². The van der Waals surface area contributed by atoms with Crippen molar-refractivity contribution in [3.8, 4) is 0 Å². The molecule has 1 N–H and O–H groups in total. The molecular weight excluding hydrogens is 372 g/mol. The molecule has 29 heavy (non-hydrogen) atoms. The van der Waals surface area contributed by atoms with E-state index in [0.29, 0.717) is 18.6 Å². The Labute approximate surface area is 171 Å². The Morgan fingerprint density at radius 3 is 2.55 bits per heavy atom. The molecule has 0 bridgehead atoms. The summed E-state index contributed by atoms with van der Waals surface area (Å²) in [5, 5.41) is 12.1. The lowest BCUT2D eigenvalue weighted by atomic mass is 9.64. The molecule has 1 saturated carbocycles. The molecule has 0 radical (unpaired) electrons. The van der Waals surface area contributed by atoms with Crippen molar-refractivity contribution in [1.82, 2.24) is 0 Å². The first-order chi connectivity index (χ1) is 13.5. The largest absolute Gasteiger partial charge is 0.465 e. The Morgan fingerprint density at radius 2 is 1.97 bits per heavy atom. The molecule has 4 rings (SSSR count). The van der Waals surface area contributed by atoms with Gasteiger partial charge in [-0.05, 0) is 37.0 Å². The smallest absolute Gasteiger partial charge is 0.303 e. The standard InChI is InChI=1S/C23H32O6/c1-12(2)16-18(27-6)19(25)23(26)20-17-14(11-28-20)15(29-13(3)24)7-8-21(17,4)9-10-22(16,23)5/h11-12,15-16,18,26H,7-10H2,1-6H3. The molecule has 1 fully saturated rings. The predicted molar refractivity (Wildman–Crippen MR) is 105 cm³/mol. The first-order valence-corrected chi connectivity index (χ1v) is 10.6. The summed E-state index contributed by atoms with van der Waals surface area (Å²) in [6.07, 6.45) is 3.53. The third kappa shape index (κ3) is 2.48. The summed E-state index contributed by atoms with van der Waals surface area (Å²) in [6.45, 7) is 9.73. The highest BCUT2D eigenvalue weighted by Gasteiger charge is 2.72. The van der Waals surface area contributed by atoms with E-state index >= 15 is 0 Å². The van der Waals surface area contributed by atoms with Crippen LogP contribution in [0.15, 0.2) is 10.7 Å². The molecule has 6 atom stereocenters. The van der Waals surface area contributed by atoms with Crippen molar-refractivity contribution in [2.24, 2.45) is 17.3 Å². The summed E-state index contributed by atoms with van der Waals surface area (Å²) in [4.78, 5) is 25.2. The second kappa shape index (κ2) is 6.42. The van der Waals surface area contributed by atoms with Gasteiger partial charge in [0.25, 0.3) is 0 Å². The lowest BCUT2D eigenvalue weighted by molar-refractivity contribution is -0.152. The summed E-state index contributed by atoms with van der Waals surface area (Å²) in [5.41, 5.74) is -1.06. The molecule has 0 amide bonds. The highest BCUT2D eigenvalue weighted by atomic mass is 16.5. The first kappa shape index (κ1) is 20.6.